The first-order valence-electron chi connectivity index (χ1n) is 11.0. The number of benzene rings is 1. The summed E-state index contributed by atoms with van der Waals surface area (Å²) in [7, 11) is 0. The molecule has 2 aliphatic heterocycles. The number of hydrazone groups is 1. The molecule has 2 aromatic heterocycles. The van der Waals surface area contributed by atoms with Crippen LogP contribution in [0.3, 0.4) is 0 Å². The summed E-state index contributed by atoms with van der Waals surface area (Å²) in [4.78, 5) is 14.0. The first kappa shape index (κ1) is 19.1. The maximum atomic E-state index is 6.55. The molecule has 1 fully saturated rings. The van der Waals surface area contributed by atoms with Crippen LogP contribution < -0.4 is 10.7 Å². The van der Waals surface area contributed by atoms with E-state index in [1.54, 1.807) is 0 Å². The van der Waals surface area contributed by atoms with Crippen molar-refractivity contribution in [3.8, 4) is 22.4 Å². The quantitative estimate of drug-likeness (QED) is 0.668. The Morgan fingerprint density at radius 2 is 1.81 bits per heavy atom. The fourth-order valence-corrected chi connectivity index (χ4v) is 4.59. The lowest BCUT2D eigenvalue weighted by atomic mass is 9.72. The number of nitrogens with two attached hydrogens (primary N) is 1. The van der Waals surface area contributed by atoms with Gasteiger partial charge in [-0.15, -0.1) is 0 Å². The summed E-state index contributed by atoms with van der Waals surface area (Å²) in [6.07, 6.45) is 12.7. The molecule has 6 heteroatoms. The lowest BCUT2D eigenvalue weighted by Crippen LogP contribution is -2.43. The van der Waals surface area contributed by atoms with Crippen LogP contribution in [0, 0.1) is 0 Å². The van der Waals surface area contributed by atoms with E-state index in [9.17, 15) is 0 Å². The maximum absolute atomic E-state index is 6.55. The predicted octanol–water partition coefficient (Wildman–Crippen LogP) is 4.66. The lowest BCUT2D eigenvalue weighted by molar-refractivity contribution is 0.253. The van der Waals surface area contributed by atoms with Gasteiger partial charge in [0, 0.05) is 40.8 Å². The Kier molecular flexibility index (Phi) is 4.30. The van der Waals surface area contributed by atoms with Crippen molar-refractivity contribution >= 4 is 17.7 Å². The molecule has 1 atom stereocenters. The van der Waals surface area contributed by atoms with Crippen LogP contribution in [-0.2, 0) is 5.54 Å². The number of aliphatic imine (C=N–C) groups is 1. The van der Waals surface area contributed by atoms with Crippen molar-refractivity contribution in [3.05, 3.63) is 78.1 Å². The Balaban J connectivity index is 1.51. The minimum absolute atomic E-state index is 0.156. The van der Waals surface area contributed by atoms with E-state index in [2.05, 4.69) is 40.3 Å². The highest BCUT2D eigenvalue weighted by Gasteiger charge is 2.34. The Hall–Kier alpha value is -3.64. The lowest BCUT2D eigenvalue weighted by Gasteiger charge is -2.38. The molecule has 4 heterocycles. The van der Waals surface area contributed by atoms with E-state index in [0.717, 1.165) is 52.3 Å². The summed E-state index contributed by atoms with van der Waals surface area (Å²) in [5, 5.41) is 6.61. The zero-order valence-corrected chi connectivity index (χ0v) is 17.9. The van der Waals surface area contributed by atoms with E-state index in [4.69, 9.17) is 15.8 Å². The van der Waals surface area contributed by atoms with Gasteiger partial charge in [-0.05, 0) is 67.7 Å². The molecule has 3 aromatic rings. The summed E-state index contributed by atoms with van der Waals surface area (Å²) >= 11 is 0. The van der Waals surface area contributed by atoms with Crippen LogP contribution in [0.4, 0.5) is 5.82 Å². The minimum Gasteiger partial charge on any atom is -0.321 e. The monoisotopic (exact) mass is 420 g/mol. The molecule has 0 amide bonds. The maximum Gasteiger partial charge on any atom is 0.162 e. The summed E-state index contributed by atoms with van der Waals surface area (Å²) in [5.41, 5.74) is 13.5. The fraction of sp³-hybridized carbons (Fsp3) is 0.231. The third-order valence-corrected chi connectivity index (χ3v) is 6.61. The number of hydrogen-bond donors (Lipinski definition) is 1. The molecule has 0 spiro atoms. The summed E-state index contributed by atoms with van der Waals surface area (Å²) < 4.78 is 0. The molecule has 1 saturated carbocycles. The Labute approximate surface area is 187 Å². The van der Waals surface area contributed by atoms with Crippen molar-refractivity contribution in [3.63, 3.8) is 0 Å². The number of rotatable bonds is 3. The van der Waals surface area contributed by atoms with Crippen LogP contribution >= 0.6 is 0 Å². The third kappa shape index (κ3) is 3.07. The smallest absolute Gasteiger partial charge is 0.162 e. The van der Waals surface area contributed by atoms with E-state index in [0.29, 0.717) is 0 Å². The molecule has 0 bridgehead atoms. The van der Waals surface area contributed by atoms with Gasteiger partial charge in [-0.1, -0.05) is 24.3 Å². The topological polar surface area (TPSA) is 79.8 Å². The molecule has 3 aliphatic rings. The normalized spacial score (nSPS) is 20.2. The zero-order valence-electron chi connectivity index (χ0n) is 17.9. The SMILES string of the molecule is CC1=NN2c3nc(-c4ccc(C5(N)CCC5)cc4)c(-c4ccncc4)cc3C=NC2C=C1. The highest BCUT2D eigenvalue weighted by Crippen LogP contribution is 2.41. The molecule has 158 valence electrons. The van der Waals surface area contributed by atoms with E-state index < -0.39 is 0 Å². The second kappa shape index (κ2) is 7.21. The molecule has 6 nitrogen and oxygen atoms in total. The number of anilines is 1. The minimum atomic E-state index is -0.175. The van der Waals surface area contributed by atoms with Gasteiger partial charge in [0.2, 0.25) is 0 Å². The van der Waals surface area contributed by atoms with Crippen molar-refractivity contribution in [1.29, 1.82) is 0 Å². The molecule has 1 aromatic carbocycles. The van der Waals surface area contributed by atoms with Crippen LogP contribution in [0.2, 0.25) is 0 Å². The molecule has 6 rings (SSSR count). The van der Waals surface area contributed by atoms with Crippen molar-refractivity contribution in [2.75, 3.05) is 5.01 Å². The number of pyridine rings is 2. The summed E-state index contributed by atoms with van der Waals surface area (Å²) in [6, 6.07) is 14.8. The molecule has 0 saturated heterocycles. The number of hydrogen-bond acceptors (Lipinski definition) is 6. The van der Waals surface area contributed by atoms with E-state index in [1.807, 2.05) is 54.8 Å². The average molecular weight is 421 g/mol. The number of fused-ring (bicyclic) bond motifs is 3. The van der Waals surface area contributed by atoms with Crippen LogP contribution in [0.25, 0.3) is 22.4 Å². The standard InChI is InChI=1S/C26H24N6/c1-17-3-8-23-29-16-20-15-22(18-9-13-28-14-10-18)24(30-25(20)32(23)31-17)19-4-6-21(7-5-19)26(27)11-2-12-26/h3-10,13-16,23H,2,11-12,27H2,1H3. The molecular weight excluding hydrogens is 396 g/mol. The van der Waals surface area contributed by atoms with Gasteiger partial charge in [-0.25, -0.2) is 9.99 Å². The number of aromatic nitrogens is 2. The van der Waals surface area contributed by atoms with Crippen molar-refractivity contribution in [1.82, 2.24) is 9.97 Å². The molecule has 0 radical (unpaired) electrons. The Morgan fingerprint density at radius 1 is 1.03 bits per heavy atom. The number of allylic oxidation sites excluding steroid dienone is 1. The average Bonchev–Trinajstić information content (AvgIpc) is 2.82. The third-order valence-electron chi connectivity index (χ3n) is 6.61. The van der Waals surface area contributed by atoms with Gasteiger partial charge in [0.15, 0.2) is 12.0 Å². The largest absolute Gasteiger partial charge is 0.321 e. The van der Waals surface area contributed by atoms with Gasteiger partial charge >= 0.3 is 0 Å². The van der Waals surface area contributed by atoms with Gasteiger partial charge in [0.25, 0.3) is 0 Å². The van der Waals surface area contributed by atoms with Crippen LogP contribution in [0.1, 0.15) is 37.3 Å². The molecule has 1 unspecified atom stereocenters. The highest BCUT2D eigenvalue weighted by atomic mass is 15.5. The highest BCUT2D eigenvalue weighted by molar-refractivity contribution is 5.98. The molecular formula is C26H24N6. The summed E-state index contributed by atoms with van der Waals surface area (Å²) in [6.45, 7) is 1.98. The van der Waals surface area contributed by atoms with Crippen molar-refractivity contribution in [2.24, 2.45) is 15.8 Å². The fourth-order valence-electron chi connectivity index (χ4n) is 4.59. The van der Waals surface area contributed by atoms with Crippen molar-refractivity contribution < 1.29 is 0 Å². The molecule has 1 aliphatic carbocycles. The van der Waals surface area contributed by atoms with Crippen LogP contribution in [0.5, 0.6) is 0 Å². The first-order valence-corrected chi connectivity index (χ1v) is 11.0. The van der Waals surface area contributed by atoms with Crippen LogP contribution in [-0.4, -0.2) is 28.1 Å². The molecule has 2 N–H and O–H groups in total. The van der Waals surface area contributed by atoms with Gasteiger partial charge in [-0.2, -0.15) is 5.10 Å². The van der Waals surface area contributed by atoms with Crippen LogP contribution in [0.15, 0.2) is 77.1 Å². The second-order valence-corrected chi connectivity index (χ2v) is 8.76. The number of nitrogens with zero attached hydrogens (tertiary/aromatic N) is 5. The van der Waals surface area contributed by atoms with E-state index >= 15 is 0 Å². The van der Waals surface area contributed by atoms with Crippen molar-refractivity contribution in [2.45, 2.75) is 37.9 Å². The predicted molar refractivity (Wildman–Crippen MR) is 129 cm³/mol. The van der Waals surface area contributed by atoms with E-state index in [1.165, 1.54) is 12.0 Å². The van der Waals surface area contributed by atoms with Gasteiger partial charge < -0.3 is 5.73 Å². The Morgan fingerprint density at radius 3 is 2.53 bits per heavy atom. The zero-order chi connectivity index (χ0) is 21.7. The van der Waals surface area contributed by atoms with Gasteiger partial charge in [0.05, 0.1) is 11.4 Å². The second-order valence-electron chi connectivity index (χ2n) is 8.76. The van der Waals surface area contributed by atoms with Gasteiger partial charge in [-0.3, -0.25) is 9.98 Å². The summed E-state index contributed by atoms with van der Waals surface area (Å²) in [5.74, 6) is 0.819. The molecule has 32 heavy (non-hydrogen) atoms. The Bertz CT molecular complexity index is 1270. The van der Waals surface area contributed by atoms with E-state index in [-0.39, 0.29) is 11.7 Å². The first-order chi connectivity index (χ1) is 15.6. The van der Waals surface area contributed by atoms with Gasteiger partial charge in [0.1, 0.15) is 0 Å².